The van der Waals surface area contributed by atoms with Crippen molar-refractivity contribution in [1.82, 2.24) is 19.9 Å². The standard InChI is InChI=1S/C20H21N5O/c1-13-3-2-4-16(22-13)11-25-10-9-17-18(12-25)23-19(24-20(17)26)14-5-7-15(21)8-6-14/h2-8H,9-12,21H2,1H3,(H,23,24,26). The van der Waals surface area contributed by atoms with Crippen LogP contribution >= 0.6 is 0 Å². The van der Waals surface area contributed by atoms with Crippen molar-refractivity contribution in [3.63, 3.8) is 0 Å². The van der Waals surface area contributed by atoms with Crippen LogP contribution in [0.5, 0.6) is 0 Å². The van der Waals surface area contributed by atoms with Crippen molar-refractivity contribution in [3.05, 3.63) is 75.5 Å². The van der Waals surface area contributed by atoms with Crippen molar-refractivity contribution in [2.75, 3.05) is 12.3 Å². The molecule has 3 N–H and O–H groups in total. The Bertz CT molecular complexity index is 994. The van der Waals surface area contributed by atoms with Gasteiger partial charge in [0.25, 0.3) is 5.56 Å². The lowest BCUT2D eigenvalue weighted by Gasteiger charge is -2.27. The van der Waals surface area contributed by atoms with Gasteiger partial charge in [0.2, 0.25) is 0 Å². The van der Waals surface area contributed by atoms with E-state index in [1.807, 2.05) is 49.4 Å². The third-order valence-electron chi connectivity index (χ3n) is 4.67. The van der Waals surface area contributed by atoms with Crippen LogP contribution in [0.4, 0.5) is 5.69 Å². The molecule has 0 bridgehead atoms. The molecule has 0 unspecified atom stereocenters. The Morgan fingerprint density at radius 3 is 2.73 bits per heavy atom. The molecule has 4 rings (SSSR count). The summed E-state index contributed by atoms with van der Waals surface area (Å²) < 4.78 is 0. The number of benzene rings is 1. The number of hydrogen-bond acceptors (Lipinski definition) is 5. The van der Waals surface area contributed by atoms with Crippen molar-refractivity contribution in [2.45, 2.75) is 26.4 Å². The Labute approximate surface area is 151 Å². The third-order valence-corrected chi connectivity index (χ3v) is 4.67. The monoisotopic (exact) mass is 347 g/mol. The van der Waals surface area contributed by atoms with E-state index in [2.05, 4.69) is 14.9 Å². The molecule has 2 aromatic heterocycles. The lowest BCUT2D eigenvalue weighted by molar-refractivity contribution is 0.237. The molecule has 0 spiro atoms. The Morgan fingerprint density at radius 1 is 1.15 bits per heavy atom. The number of pyridine rings is 1. The minimum atomic E-state index is -0.0462. The predicted molar refractivity (Wildman–Crippen MR) is 101 cm³/mol. The molecule has 1 aliphatic rings. The van der Waals surface area contributed by atoms with E-state index in [1.165, 1.54) is 0 Å². The van der Waals surface area contributed by atoms with Crippen molar-refractivity contribution >= 4 is 5.69 Å². The summed E-state index contributed by atoms with van der Waals surface area (Å²) in [6.45, 7) is 4.23. The summed E-state index contributed by atoms with van der Waals surface area (Å²) in [6, 6.07) is 13.4. The van der Waals surface area contributed by atoms with Crippen LogP contribution in [0.1, 0.15) is 22.6 Å². The normalized spacial score (nSPS) is 14.2. The molecule has 3 heterocycles. The van der Waals surface area contributed by atoms with Gasteiger partial charge in [0.05, 0.1) is 11.4 Å². The third kappa shape index (κ3) is 3.36. The average Bonchev–Trinajstić information content (AvgIpc) is 2.62. The highest BCUT2D eigenvalue weighted by molar-refractivity contribution is 5.58. The molecular weight excluding hydrogens is 326 g/mol. The number of hydrogen-bond donors (Lipinski definition) is 2. The zero-order valence-corrected chi connectivity index (χ0v) is 14.7. The van der Waals surface area contributed by atoms with Gasteiger partial charge in [-0.15, -0.1) is 0 Å². The number of nitrogen functional groups attached to an aromatic ring is 1. The number of aromatic nitrogens is 3. The maximum atomic E-state index is 12.5. The lowest BCUT2D eigenvalue weighted by Crippen LogP contribution is -2.35. The van der Waals surface area contributed by atoms with Crippen molar-refractivity contribution in [1.29, 1.82) is 0 Å². The van der Waals surface area contributed by atoms with Gasteiger partial charge in [-0.2, -0.15) is 0 Å². The Balaban J connectivity index is 1.61. The maximum Gasteiger partial charge on any atom is 0.254 e. The fraction of sp³-hybridized carbons (Fsp3) is 0.250. The van der Waals surface area contributed by atoms with Crippen LogP contribution < -0.4 is 11.3 Å². The van der Waals surface area contributed by atoms with E-state index in [4.69, 9.17) is 10.7 Å². The van der Waals surface area contributed by atoms with E-state index in [-0.39, 0.29) is 5.56 Å². The second-order valence-corrected chi connectivity index (χ2v) is 6.69. The minimum absolute atomic E-state index is 0.0462. The van der Waals surface area contributed by atoms with E-state index in [0.29, 0.717) is 24.5 Å². The molecule has 0 saturated heterocycles. The second kappa shape index (κ2) is 6.72. The molecular formula is C20H21N5O. The van der Waals surface area contributed by atoms with Gasteiger partial charge in [0.1, 0.15) is 5.82 Å². The first kappa shape index (κ1) is 16.5. The van der Waals surface area contributed by atoms with Crippen molar-refractivity contribution in [3.8, 4) is 11.4 Å². The van der Waals surface area contributed by atoms with Crippen LogP contribution in [0.15, 0.2) is 47.3 Å². The number of nitrogens with two attached hydrogens (primary N) is 1. The highest BCUT2D eigenvalue weighted by atomic mass is 16.1. The summed E-state index contributed by atoms with van der Waals surface area (Å²) in [7, 11) is 0. The molecule has 0 aliphatic carbocycles. The zero-order chi connectivity index (χ0) is 18.1. The summed E-state index contributed by atoms with van der Waals surface area (Å²) in [4.78, 5) is 27.0. The van der Waals surface area contributed by atoms with E-state index >= 15 is 0 Å². The first-order valence-electron chi connectivity index (χ1n) is 8.71. The maximum absolute atomic E-state index is 12.5. The van der Waals surface area contributed by atoms with Crippen molar-refractivity contribution < 1.29 is 0 Å². The molecule has 6 heteroatoms. The highest BCUT2D eigenvalue weighted by Crippen LogP contribution is 2.20. The fourth-order valence-electron chi connectivity index (χ4n) is 3.32. The van der Waals surface area contributed by atoms with Crippen LogP contribution in [0.3, 0.4) is 0 Å². The average molecular weight is 347 g/mol. The van der Waals surface area contributed by atoms with E-state index in [0.717, 1.165) is 41.3 Å². The molecule has 0 amide bonds. The summed E-state index contributed by atoms with van der Waals surface area (Å²) in [5.41, 5.74) is 10.9. The number of nitrogens with zero attached hydrogens (tertiary/aromatic N) is 3. The smallest absolute Gasteiger partial charge is 0.254 e. The largest absolute Gasteiger partial charge is 0.399 e. The fourth-order valence-corrected chi connectivity index (χ4v) is 3.32. The number of fused-ring (bicyclic) bond motifs is 1. The van der Waals surface area contributed by atoms with Gasteiger partial charge in [0, 0.05) is 42.1 Å². The molecule has 3 aromatic rings. The van der Waals surface area contributed by atoms with Crippen LogP contribution in [-0.2, 0) is 19.5 Å². The number of aryl methyl sites for hydroxylation is 1. The Morgan fingerprint density at radius 2 is 1.96 bits per heavy atom. The van der Waals surface area contributed by atoms with Gasteiger partial charge >= 0.3 is 0 Å². The first-order valence-corrected chi connectivity index (χ1v) is 8.71. The van der Waals surface area contributed by atoms with Gasteiger partial charge in [-0.3, -0.25) is 14.7 Å². The van der Waals surface area contributed by atoms with Crippen LogP contribution in [0, 0.1) is 6.92 Å². The second-order valence-electron chi connectivity index (χ2n) is 6.69. The molecule has 0 atom stereocenters. The molecule has 6 nitrogen and oxygen atoms in total. The molecule has 0 fully saturated rings. The minimum Gasteiger partial charge on any atom is -0.399 e. The number of rotatable bonds is 3. The van der Waals surface area contributed by atoms with Gasteiger partial charge in [0.15, 0.2) is 0 Å². The Hall–Kier alpha value is -2.99. The van der Waals surface area contributed by atoms with E-state index in [1.54, 1.807) is 0 Å². The van der Waals surface area contributed by atoms with Crippen LogP contribution in [0.2, 0.25) is 0 Å². The van der Waals surface area contributed by atoms with Crippen LogP contribution in [0.25, 0.3) is 11.4 Å². The molecule has 26 heavy (non-hydrogen) atoms. The quantitative estimate of drug-likeness (QED) is 0.710. The van der Waals surface area contributed by atoms with Crippen molar-refractivity contribution in [2.24, 2.45) is 0 Å². The molecule has 132 valence electrons. The van der Waals surface area contributed by atoms with E-state index in [9.17, 15) is 4.79 Å². The SMILES string of the molecule is Cc1cccc(CN2CCc3c(nc(-c4ccc(N)cc4)[nH]c3=O)C2)n1. The van der Waals surface area contributed by atoms with Gasteiger partial charge < -0.3 is 10.7 Å². The Kier molecular flexibility index (Phi) is 4.26. The molecule has 1 aromatic carbocycles. The van der Waals surface area contributed by atoms with Gasteiger partial charge in [-0.25, -0.2) is 4.98 Å². The summed E-state index contributed by atoms with van der Waals surface area (Å²) in [5.74, 6) is 0.587. The number of nitrogens with one attached hydrogen (secondary N) is 1. The molecule has 1 aliphatic heterocycles. The number of anilines is 1. The summed E-state index contributed by atoms with van der Waals surface area (Å²) in [6.07, 6.45) is 0.700. The molecule has 0 saturated carbocycles. The number of aromatic amines is 1. The number of H-pyrrole nitrogens is 1. The van der Waals surface area contributed by atoms with Gasteiger partial charge in [-0.05, 0) is 49.7 Å². The van der Waals surface area contributed by atoms with Crippen LogP contribution in [-0.4, -0.2) is 26.4 Å². The summed E-state index contributed by atoms with van der Waals surface area (Å²) in [5, 5.41) is 0. The topological polar surface area (TPSA) is 87.9 Å². The lowest BCUT2D eigenvalue weighted by atomic mass is 10.1. The van der Waals surface area contributed by atoms with Gasteiger partial charge in [-0.1, -0.05) is 6.07 Å². The first-order chi connectivity index (χ1) is 12.6. The highest BCUT2D eigenvalue weighted by Gasteiger charge is 2.21. The zero-order valence-electron chi connectivity index (χ0n) is 14.7. The van der Waals surface area contributed by atoms with E-state index < -0.39 is 0 Å². The molecule has 0 radical (unpaired) electrons. The summed E-state index contributed by atoms with van der Waals surface area (Å²) >= 11 is 0. The predicted octanol–water partition coefficient (Wildman–Crippen LogP) is 2.28.